The van der Waals surface area contributed by atoms with Crippen molar-refractivity contribution in [3.05, 3.63) is 88.5 Å². The Kier molecular flexibility index (Phi) is 7.14. The molecular formula is C30H25FN6S2. The predicted molar refractivity (Wildman–Crippen MR) is 161 cm³/mol. The number of aliphatic imine (C=N–C) groups is 1. The quantitative estimate of drug-likeness (QED) is 0.355. The third kappa shape index (κ3) is 4.65. The highest BCUT2D eigenvalue weighted by Crippen LogP contribution is 2.48. The van der Waals surface area contributed by atoms with Gasteiger partial charge in [0.25, 0.3) is 0 Å². The average Bonchev–Trinajstić information content (AvgIpc) is 3.17. The Balaban J connectivity index is 1.60. The van der Waals surface area contributed by atoms with Crippen LogP contribution in [-0.2, 0) is 6.67 Å². The minimum atomic E-state index is -0.756. The number of rotatable bonds is 4. The number of halogens is 1. The van der Waals surface area contributed by atoms with Crippen molar-refractivity contribution in [2.45, 2.75) is 45.3 Å². The second kappa shape index (κ2) is 10.5. The number of alkyl halides is 1. The number of anilines is 3. The minimum absolute atomic E-state index is 0.203. The molecule has 0 bridgehead atoms. The van der Waals surface area contributed by atoms with Crippen molar-refractivity contribution >= 4 is 57.6 Å². The van der Waals surface area contributed by atoms with Crippen LogP contribution in [0.2, 0.25) is 0 Å². The maximum atomic E-state index is 13.5. The van der Waals surface area contributed by atoms with Gasteiger partial charge in [-0.3, -0.25) is 4.90 Å². The maximum Gasteiger partial charge on any atom is 0.199 e. The fourth-order valence-corrected chi connectivity index (χ4v) is 5.81. The minimum Gasteiger partial charge on any atom is -0.331 e. The topological polar surface area (TPSA) is 78.4 Å². The second-order valence-electron chi connectivity index (χ2n) is 9.77. The van der Waals surface area contributed by atoms with Gasteiger partial charge in [0.05, 0.1) is 23.3 Å². The molecule has 1 saturated heterocycles. The summed E-state index contributed by atoms with van der Waals surface area (Å²) in [5.41, 5.74) is 5.01. The van der Waals surface area contributed by atoms with Crippen molar-refractivity contribution < 1.29 is 4.39 Å². The van der Waals surface area contributed by atoms with E-state index in [-0.39, 0.29) is 16.2 Å². The molecule has 1 N–H and O–H groups in total. The Morgan fingerprint density at radius 3 is 2.26 bits per heavy atom. The smallest absolute Gasteiger partial charge is 0.199 e. The summed E-state index contributed by atoms with van der Waals surface area (Å²) in [7, 11) is 0. The third-order valence-electron chi connectivity index (χ3n) is 7.33. The van der Waals surface area contributed by atoms with E-state index in [9.17, 15) is 14.9 Å². The SMILES string of the molecule is Cc1ccc(N2C(=S)N(c3ccc(C#N)c(C)c3)C(=NC(=S)Nc3ccc(C#N)c(CF)c3)C23CCC3)cc1. The van der Waals surface area contributed by atoms with E-state index < -0.39 is 12.2 Å². The highest BCUT2D eigenvalue weighted by atomic mass is 32.1. The number of aryl methyl sites for hydroxylation is 2. The van der Waals surface area contributed by atoms with E-state index >= 15 is 0 Å². The van der Waals surface area contributed by atoms with Gasteiger partial charge >= 0.3 is 0 Å². The van der Waals surface area contributed by atoms with Crippen molar-refractivity contribution in [1.82, 2.24) is 0 Å². The lowest BCUT2D eigenvalue weighted by Crippen LogP contribution is -2.55. The maximum absolute atomic E-state index is 13.5. The van der Waals surface area contributed by atoms with Crippen LogP contribution in [0.5, 0.6) is 0 Å². The molecular weight excluding hydrogens is 528 g/mol. The lowest BCUT2D eigenvalue weighted by atomic mass is 9.74. The van der Waals surface area contributed by atoms with Crippen LogP contribution >= 0.6 is 24.4 Å². The molecule has 0 unspecified atom stereocenters. The number of benzene rings is 3. The van der Waals surface area contributed by atoms with Crippen molar-refractivity contribution in [3.63, 3.8) is 0 Å². The molecule has 6 nitrogen and oxygen atoms in total. The molecule has 1 aliphatic heterocycles. The van der Waals surface area contributed by atoms with Crippen molar-refractivity contribution in [1.29, 1.82) is 10.5 Å². The molecule has 0 aromatic heterocycles. The zero-order valence-corrected chi connectivity index (χ0v) is 23.2. The van der Waals surface area contributed by atoms with Crippen LogP contribution in [0.3, 0.4) is 0 Å². The molecule has 0 amide bonds. The number of hydrogen-bond acceptors (Lipinski definition) is 4. The van der Waals surface area contributed by atoms with E-state index in [0.29, 0.717) is 22.2 Å². The first-order valence-electron chi connectivity index (χ1n) is 12.5. The van der Waals surface area contributed by atoms with Crippen LogP contribution in [0, 0.1) is 36.5 Å². The van der Waals surface area contributed by atoms with Gasteiger partial charge in [-0.05, 0) is 112 Å². The molecule has 3 aromatic carbocycles. The third-order valence-corrected chi connectivity index (χ3v) is 7.89. The molecule has 0 radical (unpaired) electrons. The van der Waals surface area contributed by atoms with Crippen molar-refractivity contribution in [3.8, 4) is 12.1 Å². The monoisotopic (exact) mass is 552 g/mol. The van der Waals surface area contributed by atoms with Crippen LogP contribution in [-0.4, -0.2) is 21.6 Å². The summed E-state index contributed by atoms with van der Waals surface area (Å²) >= 11 is 11.8. The molecule has 3 aromatic rings. The van der Waals surface area contributed by atoms with Gasteiger partial charge in [0.2, 0.25) is 0 Å². The van der Waals surface area contributed by atoms with Gasteiger partial charge in [-0.15, -0.1) is 0 Å². The summed E-state index contributed by atoms with van der Waals surface area (Å²) in [6.45, 7) is 3.19. The Hall–Kier alpha value is -4.18. The van der Waals surface area contributed by atoms with Gasteiger partial charge in [-0.2, -0.15) is 10.5 Å². The van der Waals surface area contributed by atoms with Crippen molar-refractivity contribution in [2.24, 2.45) is 4.99 Å². The average molecular weight is 553 g/mol. The molecule has 0 atom stereocenters. The zero-order valence-electron chi connectivity index (χ0n) is 21.5. The molecule has 1 spiro atoms. The number of nitrogens with one attached hydrogen (secondary N) is 1. The van der Waals surface area contributed by atoms with Crippen LogP contribution in [0.1, 0.15) is 47.1 Å². The molecule has 194 valence electrons. The van der Waals surface area contributed by atoms with Crippen LogP contribution < -0.4 is 15.1 Å². The number of nitriles is 2. The molecule has 1 aliphatic carbocycles. The summed E-state index contributed by atoms with van der Waals surface area (Å²) in [5.74, 6) is 0.709. The van der Waals surface area contributed by atoms with Crippen LogP contribution in [0.25, 0.3) is 0 Å². The summed E-state index contributed by atoms with van der Waals surface area (Å²) in [6, 6.07) is 22.9. The molecule has 9 heteroatoms. The van der Waals surface area contributed by atoms with Gasteiger partial charge in [-0.1, -0.05) is 17.7 Å². The summed E-state index contributed by atoms with van der Waals surface area (Å²) in [6.07, 6.45) is 2.70. The van der Waals surface area contributed by atoms with Crippen LogP contribution in [0.15, 0.2) is 65.7 Å². The highest BCUT2D eigenvalue weighted by Gasteiger charge is 2.58. The van der Waals surface area contributed by atoms with Crippen LogP contribution in [0.4, 0.5) is 21.5 Å². The van der Waals surface area contributed by atoms with Gasteiger partial charge in [-0.25, -0.2) is 9.38 Å². The van der Waals surface area contributed by atoms with Crippen molar-refractivity contribution in [2.75, 3.05) is 15.1 Å². The molecule has 39 heavy (non-hydrogen) atoms. The largest absolute Gasteiger partial charge is 0.331 e. The van der Waals surface area contributed by atoms with E-state index in [4.69, 9.17) is 29.4 Å². The van der Waals surface area contributed by atoms with Gasteiger partial charge in [0.15, 0.2) is 10.2 Å². The Morgan fingerprint density at radius 1 is 1.00 bits per heavy atom. The standard InChI is InChI=1S/C30H25FN6S2/c1-19-4-9-25(10-5-19)37-29(39)36(26-11-7-21(17-32)20(2)14-26)27(30(37)12-3-13-30)35-28(38)34-24-8-6-22(18-33)23(15-24)16-31/h4-11,14-15H,3,12-13,16H2,1-2H3,(H,34,38). The summed E-state index contributed by atoms with van der Waals surface area (Å²) in [5, 5.41) is 22.6. The van der Waals surface area contributed by atoms with Gasteiger partial charge < -0.3 is 10.2 Å². The zero-order chi connectivity index (χ0) is 27.7. The Labute approximate surface area is 238 Å². The van der Waals surface area contributed by atoms with E-state index in [0.717, 1.165) is 41.8 Å². The first-order valence-corrected chi connectivity index (χ1v) is 13.3. The fraction of sp³-hybridized carbons (Fsp3) is 0.233. The Morgan fingerprint density at radius 2 is 1.67 bits per heavy atom. The first-order chi connectivity index (χ1) is 18.8. The van der Waals surface area contributed by atoms with E-state index in [2.05, 4.69) is 40.6 Å². The highest BCUT2D eigenvalue weighted by molar-refractivity contribution is 7.81. The molecule has 2 aliphatic rings. The van der Waals surface area contributed by atoms with E-state index in [1.807, 2.05) is 36.9 Å². The number of nitrogens with zero attached hydrogens (tertiary/aromatic N) is 5. The predicted octanol–water partition coefficient (Wildman–Crippen LogP) is 6.85. The second-order valence-corrected chi connectivity index (χ2v) is 10.5. The Bertz CT molecular complexity index is 1600. The lowest BCUT2D eigenvalue weighted by molar-refractivity contribution is 0.350. The fourth-order valence-electron chi connectivity index (χ4n) is 5.13. The summed E-state index contributed by atoms with van der Waals surface area (Å²) in [4.78, 5) is 9.04. The van der Waals surface area contributed by atoms with Gasteiger partial charge in [0.1, 0.15) is 18.0 Å². The number of hydrogen-bond donors (Lipinski definition) is 1. The molecule has 1 heterocycles. The molecule has 2 fully saturated rings. The van der Waals surface area contributed by atoms with E-state index in [1.54, 1.807) is 24.3 Å². The first kappa shape index (κ1) is 26.4. The normalized spacial score (nSPS) is 16.6. The lowest BCUT2D eigenvalue weighted by Gasteiger charge is -2.44. The number of thiocarbonyl (C=S) groups is 2. The molecule has 1 saturated carbocycles. The summed E-state index contributed by atoms with van der Waals surface area (Å²) < 4.78 is 13.5. The van der Waals surface area contributed by atoms with Gasteiger partial charge in [0, 0.05) is 22.6 Å². The molecule has 5 rings (SSSR count). The number of amidine groups is 1. The van der Waals surface area contributed by atoms with E-state index in [1.165, 1.54) is 0 Å².